The van der Waals surface area contributed by atoms with Crippen LogP contribution in [0, 0.1) is 17.8 Å². The van der Waals surface area contributed by atoms with Crippen molar-refractivity contribution in [2.24, 2.45) is 17.8 Å². The fraction of sp³-hybridized carbons (Fsp3) is 0.650. The van der Waals surface area contributed by atoms with Crippen LogP contribution in [-0.4, -0.2) is 22.3 Å². The molecule has 1 aromatic carbocycles. The predicted octanol–water partition coefficient (Wildman–Crippen LogP) is 5.13. The van der Waals surface area contributed by atoms with Crippen LogP contribution in [0.25, 0.3) is 0 Å². The first kappa shape index (κ1) is 16.9. The summed E-state index contributed by atoms with van der Waals surface area (Å²) in [5, 5.41) is 0. The first-order chi connectivity index (χ1) is 11.5. The van der Waals surface area contributed by atoms with Gasteiger partial charge in [0, 0.05) is 18.3 Å². The smallest absolute Gasteiger partial charge is 0.162 e. The maximum Gasteiger partial charge on any atom is 0.162 e. The van der Waals surface area contributed by atoms with Gasteiger partial charge in [-0.25, -0.2) is 0 Å². The Morgan fingerprint density at radius 2 is 2.00 bits per heavy atom. The molecule has 2 heterocycles. The lowest BCUT2D eigenvalue weighted by atomic mass is 9.76. The molecule has 6 unspecified atom stereocenters. The number of alkyl halides is 2. The van der Waals surface area contributed by atoms with Gasteiger partial charge in [0.15, 0.2) is 5.78 Å². The summed E-state index contributed by atoms with van der Waals surface area (Å²) in [7, 11) is 0. The fourth-order valence-corrected chi connectivity index (χ4v) is 6.19. The zero-order valence-corrected chi connectivity index (χ0v) is 15.5. The summed E-state index contributed by atoms with van der Waals surface area (Å²) in [5.41, 5.74) is 1.25. The summed E-state index contributed by atoms with van der Waals surface area (Å²) >= 11 is 13.1. The molecule has 2 saturated heterocycles. The van der Waals surface area contributed by atoms with Gasteiger partial charge in [0.1, 0.15) is 10.4 Å². The van der Waals surface area contributed by atoms with E-state index in [4.69, 9.17) is 27.9 Å². The van der Waals surface area contributed by atoms with Crippen LogP contribution >= 0.6 is 23.2 Å². The average molecular weight is 367 g/mol. The van der Waals surface area contributed by atoms with Crippen LogP contribution in [-0.2, 0) is 9.53 Å². The quantitative estimate of drug-likeness (QED) is 0.652. The van der Waals surface area contributed by atoms with Crippen molar-refractivity contribution in [2.45, 2.75) is 61.5 Å². The molecule has 0 N–H and O–H groups in total. The van der Waals surface area contributed by atoms with Crippen molar-refractivity contribution in [3.63, 3.8) is 0 Å². The van der Waals surface area contributed by atoms with Crippen LogP contribution in [0.5, 0.6) is 0 Å². The van der Waals surface area contributed by atoms with Gasteiger partial charge in [-0.2, -0.15) is 0 Å². The first-order valence-electron chi connectivity index (χ1n) is 9.13. The third-order valence-electron chi connectivity index (χ3n) is 6.35. The molecule has 2 nitrogen and oxygen atoms in total. The SMILES string of the molecule is CCCC(CC(=O)C1OC2CC3C1CC2C3(Cl)Cl)c1ccccc1. The van der Waals surface area contributed by atoms with Crippen LogP contribution in [0.4, 0.5) is 0 Å². The summed E-state index contributed by atoms with van der Waals surface area (Å²) in [4.78, 5) is 13.0. The summed E-state index contributed by atoms with van der Waals surface area (Å²) < 4.78 is 5.45. The highest BCUT2D eigenvalue weighted by Crippen LogP contribution is 2.66. The van der Waals surface area contributed by atoms with Crippen LogP contribution in [0.3, 0.4) is 0 Å². The molecule has 0 radical (unpaired) electrons. The summed E-state index contributed by atoms with van der Waals surface area (Å²) in [5.74, 6) is 1.15. The van der Waals surface area contributed by atoms with E-state index >= 15 is 0 Å². The molecule has 2 aliphatic heterocycles. The topological polar surface area (TPSA) is 26.3 Å². The minimum absolute atomic E-state index is 0.0744. The van der Waals surface area contributed by atoms with Crippen LogP contribution in [0.1, 0.15) is 50.5 Å². The van der Waals surface area contributed by atoms with E-state index in [1.807, 2.05) is 18.2 Å². The molecular weight excluding hydrogens is 343 g/mol. The maximum atomic E-state index is 13.0. The second-order valence-electron chi connectivity index (χ2n) is 7.68. The first-order valence-corrected chi connectivity index (χ1v) is 9.88. The molecule has 2 saturated carbocycles. The number of hydrogen-bond donors (Lipinski definition) is 0. The van der Waals surface area contributed by atoms with Crippen molar-refractivity contribution in [3.05, 3.63) is 35.9 Å². The molecule has 0 spiro atoms. The molecule has 5 rings (SSSR count). The van der Waals surface area contributed by atoms with Crippen molar-refractivity contribution in [1.82, 2.24) is 0 Å². The van der Waals surface area contributed by atoms with Gasteiger partial charge in [-0.3, -0.25) is 4.79 Å². The number of rotatable bonds is 6. The second-order valence-corrected chi connectivity index (χ2v) is 9.13. The van der Waals surface area contributed by atoms with Gasteiger partial charge in [0.05, 0.1) is 6.10 Å². The third-order valence-corrected chi connectivity index (χ3v) is 7.47. The van der Waals surface area contributed by atoms with E-state index in [-0.39, 0.29) is 41.7 Å². The lowest BCUT2D eigenvalue weighted by Crippen LogP contribution is -2.47. The van der Waals surface area contributed by atoms with Crippen molar-refractivity contribution < 1.29 is 9.53 Å². The van der Waals surface area contributed by atoms with Crippen LogP contribution in [0.2, 0.25) is 0 Å². The monoisotopic (exact) mass is 366 g/mol. The molecule has 0 aromatic heterocycles. The Balaban J connectivity index is 1.49. The zero-order valence-electron chi connectivity index (χ0n) is 14.0. The Morgan fingerprint density at radius 3 is 2.58 bits per heavy atom. The maximum absolute atomic E-state index is 13.0. The standard InChI is InChI=1S/C20H24Cl2O2/c1-2-6-13(12-7-4-3-5-8-12)9-17(23)19-14-10-16-18(24-19)11-15(14)20(16,21)22/h3-5,7-8,13-16,18-19H,2,6,9-11H2,1H3. The number of Topliss-reactive ketones (excluding diaryl/α,β-unsaturated/α-hetero) is 1. The number of benzene rings is 1. The third kappa shape index (κ3) is 2.62. The molecule has 4 heteroatoms. The molecule has 4 aliphatic rings. The average Bonchev–Trinajstić information content (AvgIpc) is 2.97. The molecule has 6 atom stereocenters. The van der Waals surface area contributed by atoms with Gasteiger partial charge < -0.3 is 4.74 Å². The van der Waals surface area contributed by atoms with Gasteiger partial charge in [-0.15, -0.1) is 23.2 Å². The zero-order chi connectivity index (χ0) is 16.9. The van der Waals surface area contributed by atoms with Gasteiger partial charge in [0.2, 0.25) is 0 Å². The minimum atomic E-state index is -0.688. The Bertz CT molecular complexity index is 615. The molecule has 130 valence electrons. The Kier molecular flexibility index (Phi) is 4.43. The van der Waals surface area contributed by atoms with Crippen molar-refractivity contribution in [2.75, 3.05) is 0 Å². The Labute approximate surface area is 153 Å². The predicted molar refractivity (Wildman–Crippen MR) is 96.5 cm³/mol. The number of hydrogen-bond acceptors (Lipinski definition) is 2. The largest absolute Gasteiger partial charge is 0.366 e. The number of ketones is 1. The lowest BCUT2D eigenvalue weighted by molar-refractivity contribution is -0.161. The number of ether oxygens (including phenoxy) is 1. The van der Waals surface area contributed by atoms with Gasteiger partial charge in [-0.1, -0.05) is 43.7 Å². The van der Waals surface area contributed by atoms with E-state index in [1.165, 1.54) is 5.56 Å². The van der Waals surface area contributed by atoms with Gasteiger partial charge >= 0.3 is 0 Å². The number of fused-ring (bicyclic) bond motifs is 1. The molecule has 4 bridgehead atoms. The summed E-state index contributed by atoms with van der Waals surface area (Å²) in [6.07, 6.45) is 4.30. The Morgan fingerprint density at radius 1 is 1.25 bits per heavy atom. The van der Waals surface area contributed by atoms with E-state index in [1.54, 1.807) is 0 Å². The highest BCUT2D eigenvalue weighted by Gasteiger charge is 2.68. The van der Waals surface area contributed by atoms with Crippen molar-refractivity contribution >= 4 is 29.0 Å². The number of carbonyl (C=O) groups is 1. The van der Waals surface area contributed by atoms with Crippen molar-refractivity contribution in [1.29, 1.82) is 0 Å². The van der Waals surface area contributed by atoms with Crippen LogP contribution < -0.4 is 0 Å². The summed E-state index contributed by atoms with van der Waals surface area (Å²) in [6.45, 7) is 2.17. The molecule has 24 heavy (non-hydrogen) atoms. The van der Waals surface area contributed by atoms with E-state index < -0.39 is 4.33 Å². The van der Waals surface area contributed by atoms with Gasteiger partial charge in [0.25, 0.3) is 0 Å². The van der Waals surface area contributed by atoms with E-state index in [9.17, 15) is 4.79 Å². The second kappa shape index (κ2) is 6.30. The normalized spacial score (nSPS) is 36.9. The van der Waals surface area contributed by atoms with Gasteiger partial charge in [-0.05, 0) is 36.7 Å². The van der Waals surface area contributed by atoms with Crippen molar-refractivity contribution in [3.8, 4) is 0 Å². The summed E-state index contributed by atoms with van der Waals surface area (Å²) in [6, 6.07) is 10.4. The highest BCUT2D eigenvalue weighted by atomic mass is 35.5. The molecule has 0 amide bonds. The fourth-order valence-electron chi connectivity index (χ4n) is 5.23. The van der Waals surface area contributed by atoms with E-state index in [2.05, 4.69) is 19.1 Å². The Hall–Kier alpha value is -0.570. The van der Waals surface area contributed by atoms with E-state index in [0.717, 1.165) is 25.7 Å². The lowest BCUT2D eigenvalue weighted by Gasteiger charge is -2.41. The molecule has 4 fully saturated rings. The molecular formula is C20H24Cl2O2. The number of carbonyl (C=O) groups excluding carboxylic acids is 1. The van der Waals surface area contributed by atoms with Crippen LogP contribution in [0.15, 0.2) is 30.3 Å². The molecule has 2 aliphatic carbocycles. The number of halogens is 2. The minimum Gasteiger partial charge on any atom is -0.366 e. The highest BCUT2D eigenvalue weighted by molar-refractivity contribution is 6.49. The van der Waals surface area contributed by atoms with E-state index in [0.29, 0.717) is 6.42 Å². The molecule has 1 aromatic rings.